The zero-order valence-electron chi connectivity index (χ0n) is 16.9. The lowest BCUT2D eigenvalue weighted by atomic mass is 10.0. The molecule has 0 radical (unpaired) electrons. The molecule has 1 aliphatic heterocycles. The van der Waals surface area contributed by atoms with E-state index in [1.807, 2.05) is 30.3 Å². The van der Waals surface area contributed by atoms with Crippen LogP contribution in [0.25, 0.3) is 0 Å². The van der Waals surface area contributed by atoms with E-state index in [0.29, 0.717) is 6.54 Å². The minimum absolute atomic E-state index is 0.248. The van der Waals surface area contributed by atoms with Gasteiger partial charge in [-0.3, -0.25) is 9.88 Å². The number of likely N-dealkylation sites (tertiary alicyclic amines) is 1. The third kappa shape index (κ3) is 5.45. The molecule has 28 heavy (non-hydrogen) atoms. The van der Waals surface area contributed by atoms with Gasteiger partial charge in [0.1, 0.15) is 5.75 Å². The molecule has 150 valence electrons. The van der Waals surface area contributed by atoms with Gasteiger partial charge in [-0.25, -0.2) is 4.99 Å². The highest BCUT2D eigenvalue weighted by atomic mass is 16.5. The van der Waals surface area contributed by atoms with Crippen molar-refractivity contribution in [2.24, 2.45) is 4.99 Å². The van der Waals surface area contributed by atoms with Crippen LogP contribution in [-0.4, -0.2) is 49.1 Å². The van der Waals surface area contributed by atoms with Gasteiger partial charge in [0.25, 0.3) is 0 Å². The Morgan fingerprint density at radius 1 is 1.14 bits per heavy atom. The van der Waals surface area contributed by atoms with Gasteiger partial charge in [-0.2, -0.15) is 0 Å². The topological polar surface area (TPSA) is 61.8 Å². The molecule has 3 rings (SSSR count). The second-order valence-electron chi connectivity index (χ2n) is 6.90. The third-order valence-corrected chi connectivity index (χ3v) is 5.01. The van der Waals surface area contributed by atoms with E-state index in [1.54, 1.807) is 13.3 Å². The van der Waals surface area contributed by atoms with E-state index in [9.17, 15) is 0 Å². The number of methoxy groups -OCH3 is 1. The summed E-state index contributed by atoms with van der Waals surface area (Å²) in [6.45, 7) is 6.46. The Hall–Kier alpha value is -2.60. The maximum Gasteiger partial charge on any atom is 0.191 e. The van der Waals surface area contributed by atoms with Crippen LogP contribution in [0.3, 0.4) is 0 Å². The summed E-state index contributed by atoms with van der Waals surface area (Å²) in [7, 11) is 1.74. The van der Waals surface area contributed by atoms with Gasteiger partial charge < -0.3 is 15.4 Å². The van der Waals surface area contributed by atoms with Crippen LogP contribution in [0.5, 0.6) is 5.75 Å². The summed E-state index contributed by atoms with van der Waals surface area (Å²) >= 11 is 0. The predicted octanol–water partition coefficient (Wildman–Crippen LogP) is 2.98. The number of rotatable bonds is 8. The lowest BCUT2D eigenvalue weighted by molar-refractivity contribution is 0.239. The van der Waals surface area contributed by atoms with Crippen LogP contribution in [0.1, 0.15) is 37.1 Å². The van der Waals surface area contributed by atoms with Crippen molar-refractivity contribution >= 4 is 5.96 Å². The molecule has 2 heterocycles. The van der Waals surface area contributed by atoms with E-state index in [1.165, 1.54) is 18.4 Å². The van der Waals surface area contributed by atoms with Gasteiger partial charge in [-0.15, -0.1) is 0 Å². The Balaban J connectivity index is 1.73. The molecule has 1 atom stereocenters. The lowest BCUT2D eigenvalue weighted by Crippen LogP contribution is -2.42. The first-order valence-electron chi connectivity index (χ1n) is 10.1. The number of ether oxygens (including phenoxy) is 1. The number of pyridine rings is 1. The highest BCUT2D eigenvalue weighted by molar-refractivity contribution is 5.79. The number of benzene rings is 1. The molecule has 0 amide bonds. The summed E-state index contributed by atoms with van der Waals surface area (Å²) in [6, 6.07) is 14.5. The molecule has 0 bridgehead atoms. The van der Waals surface area contributed by atoms with E-state index in [0.717, 1.165) is 43.6 Å². The van der Waals surface area contributed by atoms with E-state index in [-0.39, 0.29) is 6.04 Å². The second-order valence-corrected chi connectivity index (χ2v) is 6.90. The largest absolute Gasteiger partial charge is 0.496 e. The number of nitrogens with one attached hydrogen (secondary N) is 2. The molecule has 2 N–H and O–H groups in total. The highest BCUT2D eigenvalue weighted by Crippen LogP contribution is 2.31. The minimum atomic E-state index is 0.248. The number of hydrogen-bond donors (Lipinski definition) is 2. The van der Waals surface area contributed by atoms with Gasteiger partial charge >= 0.3 is 0 Å². The van der Waals surface area contributed by atoms with Crippen molar-refractivity contribution in [2.45, 2.75) is 32.4 Å². The second kappa shape index (κ2) is 10.7. The van der Waals surface area contributed by atoms with Crippen LogP contribution < -0.4 is 15.4 Å². The number of para-hydroxylation sites is 1. The zero-order valence-corrected chi connectivity index (χ0v) is 16.9. The number of aromatic nitrogens is 1. The Morgan fingerprint density at radius 2 is 1.93 bits per heavy atom. The van der Waals surface area contributed by atoms with Gasteiger partial charge in [0.15, 0.2) is 5.96 Å². The fourth-order valence-corrected chi connectivity index (χ4v) is 3.62. The minimum Gasteiger partial charge on any atom is -0.496 e. The monoisotopic (exact) mass is 381 g/mol. The Morgan fingerprint density at radius 3 is 2.64 bits per heavy atom. The first-order chi connectivity index (χ1) is 13.8. The van der Waals surface area contributed by atoms with Crippen molar-refractivity contribution in [3.05, 3.63) is 59.9 Å². The first-order valence-corrected chi connectivity index (χ1v) is 10.1. The molecule has 1 aromatic heterocycles. The van der Waals surface area contributed by atoms with Gasteiger partial charge in [0.05, 0.1) is 25.4 Å². The number of aliphatic imine (C=N–C) groups is 1. The normalized spacial score (nSPS) is 16.0. The number of guanidine groups is 1. The van der Waals surface area contributed by atoms with E-state index < -0.39 is 0 Å². The zero-order chi connectivity index (χ0) is 19.6. The van der Waals surface area contributed by atoms with Crippen molar-refractivity contribution in [2.75, 3.05) is 33.3 Å². The molecule has 1 aliphatic rings. The van der Waals surface area contributed by atoms with Crippen LogP contribution >= 0.6 is 0 Å². The predicted molar refractivity (Wildman–Crippen MR) is 114 cm³/mol. The van der Waals surface area contributed by atoms with Crippen molar-refractivity contribution < 1.29 is 4.74 Å². The SMILES string of the molecule is CCNC(=NCc1ccccn1)NCC(c1ccccc1OC)N1CCCC1. The van der Waals surface area contributed by atoms with Gasteiger partial charge in [-0.1, -0.05) is 24.3 Å². The van der Waals surface area contributed by atoms with E-state index >= 15 is 0 Å². The molecule has 6 nitrogen and oxygen atoms in total. The fourth-order valence-electron chi connectivity index (χ4n) is 3.62. The molecule has 0 aliphatic carbocycles. The van der Waals surface area contributed by atoms with E-state index in [2.05, 4.69) is 39.6 Å². The summed E-state index contributed by atoms with van der Waals surface area (Å²) in [6.07, 6.45) is 4.30. The van der Waals surface area contributed by atoms with Crippen molar-refractivity contribution in [3.63, 3.8) is 0 Å². The summed E-state index contributed by atoms with van der Waals surface area (Å²) in [5.74, 6) is 1.75. The van der Waals surface area contributed by atoms with Crippen LogP contribution in [0.4, 0.5) is 0 Å². The third-order valence-electron chi connectivity index (χ3n) is 5.01. The molecule has 1 fully saturated rings. The van der Waals surface area contributed by atoms with Crippen LogP contribution in [-0.2, 0) is 6.54 Å². The highest BCUT2D eigenvalue weighted by Gasteiger charge is 2.26. The van der Waals surface area contributed by atoms with Gasteiger partial charge in [-0.05, 0) is 51.1 Å². The molecule has 6 heteroatoms. The molecule has 0 saturated carbocycles. The maximum absolute atomic E-state index is 5.64. The summed E-state index contributed by atoms with van der Waals surface area (Å²) in [5, 5.41) is 6.87. The van der Waals surface area contributed by atoms with E-state index in [4.69, 9.17) is 9.73 Å². The molecular formula is C22H31N5O. The molecule has 1 aromatic carbocycles. The van der Waals surface area contributed by atoms with Crippen LogP contribution in [0.2, 0.25) is 0 Å². The average Bonchev–Trinajstić information content (AvgIpc) is 3.27. The Labute approximate surface area is 168 Å². The van der Waals surface area contributed by atoms with Crippen LogP contribution in [0.15, 0.2) is 53.7 Å². The van der Waals surface area contributed by atoms with Gasteiger partial charge in [0.2, 0.25) is 0 Å². The fraction of sp³-hybridized carbons (Fsp3) is 0.455. The molecule has 2 aromatic rings. The lowest BCUT2D eigenvalue weighted by Gasteiger charge is -2.30. The number of hydrogen-bond acceptors (Lipinski definition) is 4. The average molecular weight is 382 g/mol. The molecular weight excluding hydrogens is 350 g/mol. The van der Waals surface area contributed by atoms with Crippen LogP contribution in [0, 0.1) is 0 Å². The van der Waals surface area contributed by atoms with Crippen molar-refractivity contribution in [1.82, 2.24) is 20.5 Å². The van der Waals surface area contributed by atoms with Crippen molar-refractivity contribution in [1.29, 1.82) is 0 Å². The Bertz CT molecular complexity index is 744. The summed E-state index contributed by atoms with van der Waals surface area (Å²) < 4.78 is 5.64. The molecule has 0 spiro atoms. The van der Waals surface area contributed by atoms with Crippen molar-refractivity contribution in [3.8, 4) is 5.75 Å². The summed E-state index contributed by atoms with van der Waals surface area (Å²) in [4.78, 5) is 11.6. The Kier molecular flexibility index (Phi) is 7.67. The molecule has 1 unspecified atom stereocenters. The summed E-state index contributed by atoms with van der Waals surface area (Å²) in [5.41, 5.74) is 2.18. The maximum atomic E-state index is 5.64. The number of nitrogens with zero attached hydrogens (tertiary/aromatic N) is 3. The smallest absolute Gasteiger partial charge is 0.191 e. The molecule has 1 saturated heterocycles. The quantitative estimate of drug-likeness (QED) is 0.544. The van der Waals surface area contributed by atoms with Gasteiger partial charge in [0, 0.05) is 24.8 Å². The first kappa shape index (κ1) is 20.1. The standard InChI is InChI=1S/C22H31N5O/c1-3-23-22(25-16-18-10-6-7-13-24-18)26-17-20(27-14-8-9-15-27)19-11-4-5-12-21(19)28-2/h4-7,10-13,20H,3,8-9,14-17H2,1-2H3,(H2,23,25,26).